The van der Waals surface area contributed by atoms with E-state index in [0.29, 0.717) is 0 Å². The number of fused-ring (bicyclic) bond motifs is 1. The van der Waals surface area contributed by atoms with Gasteiger partial charge in [0.1, 0.15) is 35.6 Å². The van der Waals surface area contributed by atoms with E-state index in [2.05, 4.69) is 10.3 Å². The molecule has 0 amide bonds. The number of esters is 1. The van der Waals surface area contributed by atoms with E-state index in [9.17, 15) is 23.5 Å². The predicted octanol–water partition coefficient (Wildman–Crippen LogP) is 2.01. The highest BCUT2D eigenvalue weighted by molar-refractivity contribution is 5.75. The minimum absolute atomic E-state index is 0.0284. The summed E-state index contributed by atoms with van der Waals surface area (Å²) < 4.78 is 52.0. The molecule has 178 valence electrons. The van der Waals surface area contributed by atoms with Crippen molar-refractivity contribution in [3.8, 4) is 11.3 Å². The summed E-state index contributed by atoms with van der Waals surface area (Å²) in [7, 11) is 0. The number of hydrogen-bond donors (Lipinski definition) is 1. The predicted molar refractivity (Wildman–Crippen MR) is 106 cm³/mol. The van der Waals surface area contributed by atoms with E-state index in [-0.39, 0.29) is 23.4 Å². The van der Waals surface area contributed by atoms with Crippen molar-refractivity contribution in [2.75, 3.05) is 6.61 Å². The molecule has 0 saturated carbocycles. The number of benzene rings is 1. The minimum atomic E-state index is -1.53. The minimum Gasteiger partial charge on any atom is -0.479 e. The van der Waals surface area contributed by atoms with Gasteiger partial charge in [-0.15, -0.1) is 5.10 Å². The standard InChI is InChI=1S/C21H23F2N3O7/c1-9-12(22)5-11(6-13(9)23)14-7-26(25-24-14)16-17-15(8-30-21(3,4)33-17)32-19(20(28)29)18(16)31-10(2)27/h5-7,15-19H,8H2,1-4H3,(H,28,29)/t15-,16+,17?,18-,19-/m1/s1. The average Bonchev–Trinajstić information content (AvgIpc) is 3.19. The third-order valence-electron chi connectivity index (χ3n) is 5.61. The van der Waals surface area contributed by atoms with Crippen molar-refractivity contribution in [3.63, 3.8) is 0 Å². The third-order valence-corrected chi connectivity index (χ3v) is 5.61. The van der Waals surface area contributed by atoms with Crippen molar-refractivity contribution in [1.82, 2.24) is 15.0 Å². The molecule has 2 aromatic rings. The molecule has 0 aliphatic carbocycles. The number of aromatic nitrogens is 3. The van der Waals surface area contributed by atoms with Crippen LogP contribution in [-0.2, 0) is 28.5 Å². The van der Waals surface area contributed by atoms with Gasteiger partial charge in [-0.25, -0.2) is 18.3 Å². The van der Waals surface area contributed by atoms with Crippen LogP contribution in [0.3, 0.4) is 0 Å². The number of aliphatic carboxylic acids is 1. The summed E-state index contributed by atoms with van der Waals surface area (Å²) in [4.78, 5) is 23.7. The van der Waals surface area contributed by atoms with Crippen molar-refractivity contribution in [1.29, 1.82) is 0 Å². The first kappa shape index (κ1) is 23.2. The van der Waals surface area contributed by atoms with Crippen LogP contribution in [0.15, 0.2) is 18.3 Å². The first-order valence-electron chi connectivity index (χ1n) is 10.2. The Hall–Kier alpha value is -2.96. The Balaban J connectivity index is 1.78. The summed E-state index contributed by atoms with van der Waals surface area (Å²) in [5.74, 6) is -4.61. The van der Waals surface area contributed by atoms with E-state index < -0.39 is 59.8 Å². The van der Waals surface area contributed by atoms with Gasteiger partial charge in [0.25, 0.3) is 0 Å². The average molecular weight is 467 g/mol. The number of hydrogen-bond acceptors (Lipinski definition) is 8. The molecule has 0 spiro atoms. The monoisotopic (exact) mass is 467 g/mol. The van der Waals surface area contributed by atoms with Gasteiger partial charge < -0.3 is 24.1 Å². The SMILES string of the molecule is CC(=O)O[C@H]1[C@H](C(=O)O)O[C@@H]2COC(C)(C)OC2[C@@H]1n1cc(-c2cc(F)c(C)c(F)c2)nn1. The maximum absolute atomic E-state index is 14.1. The number of halogens is 2. The number of nitrogens with zero attached hydrogens (tertiary/aromatic N) is 3. The first-order chi connectivity index (χ1) is 15.5. The Labute approximate surface area is 187 Å². The second-order valence-electron chi connectivity index (χ2n) is 8.44. The van der Waals surface area contributed by atoms with E-state index in [1.54, 1.807) is 13.8 Å². The van der Waals surface area contributed by atoms with E-state index in [4.69, 9.17) is 18.9 Å². The lowest BCUT2D eigenvalue weighted by molar-refractivity contribution is -0.346. The number of carboxylic acid groups (broad SMARTS) is 1. The zero-order chi connectivity index (χ0) is 24.1. The van der Waals surface area contributed by atoms with E-state index in [1.807, 2.05) is 0 Å². The Morgan fingerprint density at radius 1 is 1.27 bits per heavy atom. The second-order valence-corrected chi connectivity index (χ2v) is 8.44. The third kappa shape index (κ3) is 4.45. The van der Waals surface area contributed by atoms with Gasteiger partial charge in [0.15, 0.2) is 18.0 Å². The number of ether oxygens (including phenoxy) is 4. The van der Waals surface area contributed by atoms with Crippen LogP contribution in [0.5, 0.6) is 0 Å². The lowest BCUT2D eigenvalue weighted by Crippen LogP contribution is -2.64. The van der Waals surface area contributed by atoms with Gasteiger partial charge in [0, 0.05) is 18.1 Å². The maximum atomic E-state index is 14.1. The molecule has 1 unspecified atom stereocenters. The van der Waals surface area contributed by atoms with Gasteiger partial charge >= 0.3 is 11.9 Å². The van der Waals surface area contributed by atoms with Gasteiger partial charge in [-0.05, 0) is 32.9 Å². The van der Waals surface area contributed by atoms with Crippen molar-refractivity contribution in [2.24, 2.45) is 0 Å². The van der Waals surface area contributed by atoms with Gasteiger partial charge in [-0.3, -0.25) is 4.79 Å². The molecular weight excluding hydrogens is 444 g/mol. The van der Waals surface area contributed by atoms with Gasteiger partial charge in [-0.2, -0.15) is 0 Å². The molecule has 2 aliphatic heterocycles. The van der Waals surface area contributed by atoms with Crippen LogP contribution in [0.2, 0.25) is 0 Å². The van der Waals surface area contributed by atoms with Crippen LogP contribution >= 0.6 is 0 Å². The molecule has 12 heteroatoms. The summed E-state index contributed by atoms with van der Waals surface area (Å²) in [6, 6.07) is 1.27. The van der Waals surface area contributed by atoms with Crippen LogP contribution in [0.4, 0.5) is 8.78 Å². The van der Waals surface area contributed by atoms with Crippen molar-refractivity contribution in [2.45, 2.75) is 63.9 Å². The molecular formula is C21H23F2N3O7. The quantitative estimate of drug-likeness (QED) is 0.673. The molecule has 1 aromatic heterocycles. The fourth-order valence-electron chi connectivity index (χ4n) is 4.02. The van der Waals surface area contributed by atoms with Crippen LogP contribution < -0.4 is 0 Å². The smallest absolute Gasteiger partial charge is 0.336 e. The Bertz CT molecular complexity index is 1070. The van der Waals surface area contributed by atoms with Crippen LogP contribution in [0.25, 0.3) is 11.3 Å². The van der Waals surface area contributed by atoms with Gasteiger partial charge in [0.2, 0.25) is 0 Å². The molecule has 2 aliphatic rings. The van der Waals surface area contributed by atoms with E-state index in [0.717, 1.165) is 19.1 Å². The number of carboxylic acids is 1. The molecule has 1 N–H and O–H groups in total. The number of rotatable bonds is 4. The zero-order valence-electron chi connectivity index (χ0n) is 18.3. The fourth-order valence-corrected chi connectivity index (χ4v) is 4.02. The fraction of sp³-hybridized carbons (Fsp3) is 0.524. The van der Waals surface area contributed by atoms with Crippen LogP contribution in [0, 0.1) is 18.6 Å². The number of carbonyl (C=O) groups excluding carboxylic acids is 1. The summed E-state index contributed by atoms with van der Waals surface area (Å²) >= 11 is 0. The summed E-state index contributed by atoms with van der Waals surface area (Å²) in [5, 5.41) is 17.8. The van der Waals surface area contributed by atoms with E-state index in [1.165, 1.54) is 17.8 Å². The Morgan fingerprint density at radius 3 is 2.55 bits per heavy atom. The maximum Gasteiger partial charge on any atom is 0.336 e. The molecule has 0 radical (unpaired) electrons. The highest BCUT2D eigenvalue weighted by Gasteiger charge is 2.56. The highest BCUT2D eigenvalue weighted by atomic mass is 19.1. The molecule has 3 heterocycles. The summed E-state index contributed by atoms with van der Waals surface area (Å²) in [5.41, 5.74) is 0.142. The molecule has 33 heavy (non-hydrogen) atoms. The zero-order valence-corrected chi connectivity index (χ0v) is 18.3. The molecule has 10 nitrogen and oxygen atoms in total. The molecule has 4 rings (SSSR count). The molecule has 5 atom stereocenters. The Kier molecular flexibility index (Phi) is 5.93. The lowest BCUT2D eigenvalue weighted by atomic mass is 9.91. The lowest BCUT2D eigenvalue weighted by Gasteiger charge is -2.49. The second kappa shape index (κ2) is 8.43. The molecule has 2 fully saturated rings. The van der Waals surface area contributed by atoms with Crippen molar-refractivity contribution in [3.05, 3.63) is 35.5 Å². The summed E-state index contributed by atoms with van der Waals surface area (Å²) in [6.07, 6.45) is -3.10. The summed E-state index contributed by atoms with van der Waals surface area (Å²) in [6.45, 7) is 5.83. The van der Waals surface area contributed by atoms with Gasteiger partial charge in [0.05, 0.1) is 12.8 Å². The van der Waals surface area contributed by atoms with Gasteiger partial charge in [-0.1, -0.05) is 5.21 Å². The van der Waals surface area contributed by atoms with Crippen molar-refractivity contribution >= 4 is 11.9 Å². The normalized spacial score (nSPS) is 28.7. The first-order valence-corrected chi connectivity index (χ1v) is 10.2. The molecule has 1 aromatic carbocycles. The largest absolute Gasteiger partial charge is 0.479 e. The topological polar surface area (TPSA) is 122 Å². The van der Waals surface area contributed by atoms with Crippen LogP contribution in [0.1, 0.15) is 32.4 Å². The Morgan fingerprint density at radius 2 is 1.94 bits per heavy atom. The highest BCUT2D eigenvalue weighted by Crippen LogP contribution is 2.40. The van der Waals surface area contributed by atoms with Crippen LogP contribution in [-0.4, -0.2) is 68.8 Å². The molecule has 2 saturated heterocycles. The molecule has 0 bridgehead atoms. The number of carbonyl (C=O) groups is 2. The van der Waals surface area contributed by atoms with Crippen molar-refractivity contribution < 1.29 is 42.4 Å². The van der Waals surface area contributed by atoms with E-state index >= 15 is 0 Å².